The quantitative estimate of drug-likeness (QED) is 0.850. The Hall–Kier alpha value is -1.80. The number of benzene rings is 2. The highest BCUT2D eigenvalue weighted by atomic mass is 79.9. The van der Waals surface area contributed by atoms with Crippen molar-refractivity contribution in [2.75, 3.05) is 18.9 Å². The Morgan fingerprint density at radius 2 is 1.82 bits per heavy atom. The Bertz CT molecular complexity index is 795. The van der Waals surface area contributed by atoms with Crippen molar-refractivity contribution in [1.82, 2.24) is 0 Å². The van der Waals surface area contributed by atoms with Crippen molar-refractivity contribution in [3.05, 3.63) is 46.7 Å². The van der Waals surface area contributed by atoms with Gasteiger partial charge < -0.3 is 9.47 Å². The average molecular weight is 390 g/mol. The summed E-state index contributed by atoms with van der Waals surface area (Å²) in [5, 5.41) is 0. The van der Waals surface area contributed by atoms with Gasteiger partial charge in [0.2, 0.25) is 0 Å². The number of hydrogen-bond acceptors (Lipinski definition) is 4. The zero-order chi connectivity index (χ0) is 16.3. The predicted octanol–water partition coefficient (Wildman–Crippen LogP) is 3.41. The largest absolute Gasteiger partial charge is 0.497 e. The van der Waals surface area contributed by atoms with Crippen molar-refractivity contribution in [2.45, 2.75) is 4.90 Å². The van der Waals surface area contributed by atoms with Gasteiger partial charge in [0, 0.05) is 10.5 Å². The van der Waals surface area contributed by atoms with E-state index in [1.165, 1.54) is 38.5 Å². The Balaban J connectivity index is 2.46. The fourth-order valence-corrected chi connectivity index (χ4v) is 3.61. The van der Waals surface area contributed by atoms with Crippen LogP contribution in [-0.4, -0.2) is 22.6 Å². The summed E-state index contributed by atoms with van der Waals surface area (Å²) in [7, 11) is -1.13. The number of hydrogen-bond donors (Lipinski definition) is 1. The smallest absolute Gasteiger partial charge is 0.265 e. The summed E-state index contributed by atoms with van der Waals surface area (Å²) in [5.74, 6) is 0.0691. The van der Waals surface area contributed by atoms with Gasteiger partial charge in [-0.3, -0.25) is 4.72 Å². The van der Waals surface area contributed by atoms with Crippen LogP contribution < -0.4 is 14.2 Å². The molecule has 0 aliphatic heterocycles. The van der Waals surface area contributed by atoms with Crippen molar-refractivity contribution in [3.8, 4) is 11.5 Å². The molecule has 0 bridgehead atoms. The van der Waals surface area contributed by atoms with E-state index in [2.05, 4.69) is 20.7 Å². The van der Waals surface area contributed by atoms with Crippen LogP contribution in [0.15, 0.2) is 45.8 Å². The monoisotopic (exact) mass is 389 g/mol. The van der Waals surface area contributed by atoms with Crippen LogP contribution in [0.4, 0.5) is 10.1 Å². The van der Waals surface area contributed by atoms with Crippen LogP contribution in [0.1, 0.15) is 0 Å². The number of anilines is 1. The van der Waals surface area contributed by atoms with Gasteiger partial charge in [-0.05, 0) is 46.3 Å². The van der Waals surface area contributed by atoms with E-state index in [0.717, 1.165) is 6.07 Å². The summed E-state index contributed by atoms with van der Waals surface area (Å²) in [5.41, 5.74) is 0.214. The minimum Gasteiger partial charge on any atom is -0.497 e. The molecule has 22 heavy (non-hydrogen) atoms. The number of sulfonamides is 1. The van der Waals surface area contributed by atoms with Crippen molar-refractivity contribution >= 4 is 31.6 Å². The lowest BCUT2D eigenvalue weighted by Crippen LogP contribution is -2.14. The fraction of sp³-hybridized carbons (Fsp3) is 0.143. The molecule has 0 saturated heterocycles. The molecule has 118 valence electrons. The minimum absolute atomic E-state index is 0.0782. The number of ether oxygens (including phenoxy) is 2. The van der Waals surface area contributed by atoms with E-state index in [9.17, 15) is 12.8 Å². The molecule has 0 amide bonds. The molecule has 0 aliphatic rings. The summed E-state index contributed by atoms with van der Waals surface area (Å²) in [6.45, 7) is 0. The molecular weight excluding hydrogens is 377 g/mol. The SMILES string of the molecule is COc1ccc(OC)c(S(=O)(=O)Nc2ccc(F)cc2Br)c1. The van der Waals surface area contributed by atoms with E-state index in [4.69, 9.17) is 9.47 Å². The Labute approximate surface area is 136 Å². The molecule has 2 rings (SSSR count). The summed E-state index contributed by atoms with van der Waals surface area (Å²) >= 11 is 3.11. The van der Waals surface area contributed by atoms with Crippen molar-refractivity contribution in [1.29, 1.82) is 0 Å². The first-order chi connectivity index (χ1) is 10.4. The van der Waals surface area contributed by atoms with E-state index in [-0.39, 0.29) is 20.8 Å². The summed E-state index contributed by atoms with van der Waals surface area (Å²) in [4.78, 5) is -0.0782. The van der Waals surface area contributed by atoms with Crippen LogP contribution in [0.2, 0.25) is 0 Å². The molecule has 0 saturated carbocycles. The lowest BCUT2D eigenvalue weighted by Gasteiger charge is -2.13. The molecule has 0 radical (unpaired) electrons. The lowest BCUT2D eigenvalue weighted by molar-refractivity contribution is 0.392. The van der Waals surface area contributed by atoms with Gasteiger partial charge in [0.25, 0.3) is 10.0 Å². The van der Waals surface area contributed by atoms with Gasteiger partial charge >= 0.3 is 0 Å². The van der Waals surface area contributed by atoms with Crippen LogP contribution in [0, 0.1) is 5.82 Å². The van der Waals surface area contributed by atoms with E-state index in [1.807, 2.05) is 0 Å². The van der Waals surface area contributed by atoms with Gasteiger partial charge in [-0.15, -0.1) is 0 Å². The maximum Gasteiger partial charge on any atom is 0.265 e. The molecule has 0 aliphatic carbocycles. The summed E-state index contributed by atoms with van der Waals surface area (Å²) < 4.78 is 50.9. The Kier molecular flexibility index (Phi) is 4.92. The maximum absolute atomic E-state index is 13.1. The molecular formula is C14H13BrFNO4S. The van der Waals surface area contributed by atoms with E-state index in [1.54, 1.807) is 6.07 Å². The second kappa shape index (κ2) is 6.53. The van der Waals surface area contributed by atoms with Crippen molar-refractivity contribution in [2.24, 2.45) is 0 Å². The molecule has 0 unspecified atom stereocenters. The minimum atomic E-state index is -3.93. The molecule has 0 fully saturated rings. The first kappa shape index (κ1) is 16.6. The number of halogens is 2. The van der Waals surface area contributed by atoms with E-state index in [0.29, 0.717) is 5.75 Å². The average Bonchev–Trinajstić information content (AvgIpc) is 2.49. The van der Waals surface area contributed by atoms with Crippen LogP contribution in [0.25, 0.3) is 0 Å². The zero-order valence-electron chi connectivity index (χ0n) is 11.8. The summed E-state index contributed by atoms with van der Waals surface area (Å²) in [6.07, 6.45) is 0. The van der Waals surface area contributed by atoms with E-state index >= 15 is 0 Å². The summed E-state index contributed by atoms with van der Waals surface area (Å²) in [6, 6.07) is 8.08. The highest BCUT2D eigenvalue weighted by Crippen LogP contribution is 2.31. The first-order valence-corrected chi connectivity index (χ1v) is 8.35. The van der Waals surface area contributed by atoms with Crippen LogP contribution in [-0.2, 0) is 10.0 Å². The molecule has 2 aromatic rings. The van der Waals surface area contributed by atoms with Gasteiger partial charge in [-0.2, -0.15) is 0 Å². The fourth-order valence-electron chi connectivity index (χ4n) is 1.77. The number of nitrogens with one attached hydrogen (secondary N) is 1. The third-order valence-corrected chi connectivity index (χ3v) is 4.88. The molecule has 0 aromatic heterocycles. The van der Waals surface area contributed by atoms with Crippen molar-refractivity contribution < 1.29 is 22.3 Å². The lowest BCUT2D eigenvalue weighted by atomic mass is 10.3. The van der Waals surface area contributed by atoms with Gasteiger partial charge in [0.1, 0.15) is 22.2 Å². The topological polar surface area (TPSA) is 64.6 Å². The first-order valence-electron chi connectivity index (χ1n) is 6.07. The molecule has 5 nitrogen and oxygen atoms in total. The number of rotatable bonds is 5. The van der Waals surface area contributed by atoms with E-state index < -0.39 is 15.8 Å². The second-order valence-electron chi connectivity index (χ2n) is 4.25. The third-order valence-electron chi connectivity index (χ3n) is 2.84. The third kappa shape index (κ3) is 3.50. The molecule has 0 atom stereocenters. The highest BCUT2D eigenvalue weighted by molar-refractivity contribution is 9.10. The Morgan fingerprint density at radius 1 is 1.09 bits per heavy atom. The zero-order valence-corrected chi connectivity index (χ0v) is 14.2. The highest BCUT2D eigenvalue weighted by Gasteiger charge is 2.21. The molecule has 2 aromatic carbocycles. The predicted molar refractivity (Wildman–Crippen MR) is 84.5 cm³/mol. The molecule has 0 spiro atoms. The van der Waals surface area contributed by atoms with Gasteiger partial charge in [0.15, 0.2) is 0 Å². The number of methoxy groups -OCH3 is 2. The van der Waals surface area contributed by atoms with Crippen LogP contribution >= 0.6 is 15.9 Å². The van der Waals surface area contributed by atoms with Gasteiger partial charge in [0.05, 0.1) is 19.9 Å². The van der Waals surface area contributed by atoms with Crippen LogP contribution in [0.3, 0.4) is 0 Å². The second-order valence-corrected chi connectivity index (χ2v) is 6.75. The molecule has 1 N–H and O–H groups in total. The van der Waals surface area contributed by atoms with Crippen molar-refractivity contribution in [3.63, 3.8) is 0 Å². The Morgan fingerprint density at radius 3 is 2.41 bits per heavy atom. The van der Waals surface area contributed by atoms with Gasteiger partial charge in [-0.1, -0.05) is 0 Å². The standard InChI is InChI=1S/C14H13BrFNO4S/c1-20-10-4-6-13(21-2)14(8-10)22(18,19)17-12-5-3-9(16)7-11(12)15/h3-8,17H,1-2H3. The molecule has 0 heterocycles. The molecule has 8 heteroatoms. The van der Waals surface area contributed by atoms with Crippen LogP contribution in [0.5, 0.6) is 11.5 Å². The van der Waals surface area contributed by atoms with Gasteiger partial charge in [-0.25, -0.2) is 12.8 Å². The normalized spacial score (nSPS) is 11.1. The maximum atomic E-state index is 13.1.